The van der Waals surface area contributed by atoms with Gasteiger partial charge in [-0.15, -0.1) is 0 Å². The Morgan fingerprint density at radius 3 is 2.87 bits per heavy atom. The van der Waals surface area contributed by atoms with Crippen LogP contribution in [-0.4, -0.2) is 37.5 Å². The van der Waals surface area contributed by atoms with Crippen LogP contribution in [0.4, 0.5) is 0 Å². The van der Waals surface area contributed by atoms with E-state index < -0.39 is 0 Å². The van der Waals surface area contributed by atoms with E-state index in [9.17, 15) is 0 Å². The Balaban J connectivity index is 1.92. The molecule has 1 unspecified atom stereocenters. The summed E-state index contributed by atoms with van der Waals surface area (Å²) < 4.78 is 5.55. The zero-order valence-electron chi connectivity index (χ0n) is 10.1. The summed E-state index contributed by atoms with van der Waals surface area (Å²) in [6, 6.07) is 0. The van der Waals surface area contributed by atoms with Crippen LogP contribution in [-0.2, 0) is 4.74 Å². The van der Waals surface area contributed by atoms with E-state index >= 15 is 0 Å². The second-order valence-corrected chi connectivity index (χ2v) is 5.28. The zero-order valence-corrected chi connectivity index (χ0v) is 10.1. The normalized spacial score (nSPS) is 22.2. The maximum Gasteiger partial charge on any atom is 0.0576 e. The Labute approximate surface area is 93.2 Å². The van der Waals surface area contributed by atoms with Gasteiger partial charge in [-0.2, -0.15) is 0 Å². The van der Waals surface area contributed by atoms with E-state index in [1.165, 1.54) is 25.7 Å². The molecule has 2 N–H and O–H groups in total. The highest BCUT2D eigenvalue weighted by Gasteiger charge is 2.16. The van der Waals surface area contributed by atoms with Gasteiger partial charge in [-0.05, 0) is 32.2 Å². The monoisotopic (exact) mass is 215 g/mol. The number of rotatable bonds is 7. The lowest BCUT2D eigenvalue weighted by Crippen LogP contribution is -2.33. The molecular formula is C12H25NO2. The summed E-state index contributed by atoms with van der Waals surface area (Å²) in [5, 5.41) is 12.4. The van der Waals surface area contributed by atoms with Gasteiger partial charge < -0.3 is 15.2 Å². The van der Waals surface area contributed by atoms with Gasteiger partial charge in [0.05, 0.1) is 6.10 Å². The number of hydrogen-bond acceptors (Lipinski definition) is 3. The molecule has 1 heterocycles. The summed E-state index contributed by atoms with van der Waals surface area (Å²) in [6.07, 6.45) is 5.33. The Hall–Kier alpha value is -0.120. The molecule has 0 aromatic carbocycles. The number of ether oxygens (including phenoxy) is 1. The summed E-state index contributed by atoms with van der Waals surface area (Å²) >= 11 is 0. The molecule has 1 rings (SSSR count). The molecule has 1 aliphatic heterocycles. The minimum absolute atomic E-state index is 0.00383. The number of aliphatic hydroxyl groups excluding tert-OH is 1. The molecule has 0 bridgehead atoms. The summed E-state index contributed by atoms with van der Waals surface area (Å²) in [6.45, 7) is 7.25. The fraction of sp³-hybridized carbons (Fsp3) is 1.00. The smallest absolute Gasteiger partial charge is 0.0576 e. The van der Waals surface area contributed by atoms with Crippen molar-refractivity contribution in [1.82, 2.24) is 5.32 Å². The molecule has 0 aromatic rings. The Morgan fingerprint density at radius 2 is 2.27 bits per heavy atom. The molecule has 15 heavy (non-hydrogen) atoms. The molecule has 1 fully saturated rings. The van der Waals surface area contributed by atoms with Crippen molar-refractivity contribution < 1.29 is 9.84 Å². The second-order valence-electron chi connectivity index (χ2n) is 5.28. The molecule has 1 saturated heterocycles. The molecule has 90 valence electrons. The third kappa shape index (κ3) is 5.50. The highest BCUT2D eigenvalue weighted by molar-refractivity contribution is 4.70. The van der Waals surface area contributed by atoms with Crippen LogP contribution < -0.4 is 5.32 Å². The van der Waals surface area contributed by atoms with Gasteiger partial charge in [0.2, 0.25) is 0 Å². The van der Waals surface area contributed by atoms with Crippen molar-refractivity contribution >= 4 is 0 Å². The first kappa shape index (κ1) is 12.9. The van der Waals surface area contributed by atoms with Crippen molar-refractivity contribution in [3.8, 4) is 0 Å². The van der Waals surface area contributed by atoms with Crippen molar-refractivity contribution in [1.29, 1.82) is 0 Å². The van der Waals surface area contributed by atoms with Gasteiger partial charge in [-0.25, -0.2) is 0 Å². The SMILES string of the molecule is CC(C)(CO)CNCCCC1CCCO1. The summed E-state index contributed by atoms with van der Waals surface area (Å²) in [5.41, 5.74) is 0.00383. The van der Waals surface area contributed by atoms with Crippen molar-refractivity contribution in [2.24, 2.45) is 5.41 Å². The molecule has 0 saturated carbocycles. The number of nitrogens with one attached hydrogen (secondary N) is 1. The first-order chi connectivity index (χ1) is 7.14. The van der Waals surface area contributed by atoms with E-state index in [1.54, 1.807) is 0 Å². The van der Waals surface area contributed by atoms with Crippen LogP contribution in [0.3, 0.4) is 0 Å². The van der Waals surface area contributed by atoms with Crippen LogP contribution in [0.1, 0.15) is 39.5 Å². The maximum atomic E-state index is 9.06. The largest absolute Gasteiger partial charge is 0.396 e. The topological polar surface area (TPSA) is 41.5 Å². The van der Waals surface area contributed by atoms with Gasteiger partial charge in [0.1, 0.15) is 0 Å². The van der Waals surface area contributed by atoms with Crippen molar-refractivity contribution in [3.05, 3.63) is 0 Å². The average Bonchev–Trinajstić information content (AvgIpc) is 2.70. The highest BCUT2D eigenvalue weighted by atomic mass is 16.5. The van der Waals surface area contributed by atoms with Gasteiger partial charge in [0, 0.05) is 25.2 Å². The van der Waals surface area contributed by atoms with Gasteiger partial charge in [-0.3, -0.25) is 0 Å². The summed E-state index contributed by atoms with van der Waals surface area (Å²) in [4.78, 5) is 0. The number of hydrogen-bond donors (Lipinski definition) is 2. The summed E-state index contributed by atoms with van der Waals surface area (Å²) in [7, 11) is 0. The lowest BCUT2D eigenvalue weighted by molar-refractivity contribution is 0.102. The third-order valence-corrected chi connectivity index (χ3v) is 2.94. The Bertz CT molecular complexity index is 165. The van der Waals surface area contributed by atoms with Crippen molar-refractivity contribution in [2.45, 2.75) is 45.6 Å². The minimum atomic E-state index is 0.00383. The lowest BCUT2D eigenvalue weighted by Gasteiger charge is -2.22. The van der Waals surface area contributed by atoms with E-state index in [2.05, 4.69) is 19.2 Å². The standard InChI is InChI=1S/C12H25NO2/c1-12(2,10-14)9-13-7-3-5-11-6-4-8-15-11/h11,13-14H,3-10H2,1-2H3. The first-order valence-corrected chi connectivity index (χ1v) is 6.07. The average molecular weight is 215 g/mol. The van der Waals surface area contributed by atoms with E-state index in [4.69, 9.17) is 9.84 Å². The molecule has 0 radical (unpaired) electrons. The van der Waals surface area contributed by atoms with Crippen LogP contribution >= 0.6 is 0 Å². The van der Waals surface area contributed by atoms with Crippen LogP contribution in [0, 0.1) is 5.41 Å². The molecule has 0 spiro atoms. The van der Waals surface area contributed by atoms with Crippen LogP contribution in [0.25, 0.3) is 0 Å². The molecule has 0 amide bonds. The fourth-order valence-corrected chi connectivity index (χ4v) is 1.81. The highest BCUT2D eigenvalue weighted by Crippen LogP contribution is 2.16. The molecule has 0 aliphatic carbocycles. The van der Waals surface area contributed by atoms with E-state index in [-0.39, 0.29) is 12.0 Å². The molecule has 3 heteroatoms. The van der Waals surface area contributed by atoms with Gasteiger partial charge in [0.15, 0.2) is 0 Å². The van der Waals surface area contributed by atoms with Gasteiger partial charge in [0.25, 0.3) is 0 Å². The summed E-state index contributed by atoms with van der Waals surface area (Å²) in [5.74, 6) is 0. The maximum absolute atomic E-state index is 9.06. The molecule has 1 aliphatic rings. The van der Waals surface area contributed by atoms with Gasteiger partial charge >= 0.3 is 0 Å². The van der Waals surface area contributed by atoms with Crippen molar-refractivity contribution in [2.75, 3.05) is 26.3 Å². The quantitative estimate of drug-likeness (QED) is 0.633. The molecular weight excluding hydrogens is 190 g/mol. The Morgan fingerprint density at radius 1 is 1.47 bits per heavy atom. The third-order valence-electron chi connectivity index (χ3n) is 2.94. The molecule has 0 aromatic heterocycles. The Kier molecular flexibility index (Phi) is 5.58. The van der Waals surface area contributed by atoms with Crippen LogP contribution in [0.5, 0.6) is 0 Å². The van der Waals surface area contributed by atoms with E-state index in [1.807, 2.05) is 0 Å². The predicted molar refractivity (Wildman–Crippen MR) is 61.9 cm³/mol. The van der Waals surface area contributed by atoms with Crippen molar-refractivity contribution in [3.63, 3.8) is 0 Å². The number of aliphatic hydroxyl groups is 1. The van der Waals surface area contributed by atoms with E-state index in [0.717, 1.165) is 19.7 Å². The van der Waals surface area contributed by atoms with Crippen LogP contribution in [0.15, 0.2) is 0 Å². The minimum Gasteiger partial charge on any atom is -0.396 e. The van der Waals surface area contributed by atoms with E-state index in [0.29, 0.717) is 6.10 Å². The second kappa shape index (κ2) is 6.46. The lowest BCUT2D eigenvalue weighted by atomic mass is 9.95. The van der Waals surface area contributed by atoms with Gasteiger partial charge in [-0.1, -0.05) is 13.8 Å². The predicted octanol–water partition coefficient (Wildman–Crippen LogP) is 1.55. The zero-order chi connectivity index (χ0) is 11.1. The molecule has 1 atom stereocenters. The van der Waals surface area contributed by atoms with Crippen LogP contribution in [0.2, 0.25) is 0 Å². The first-order valence-electron chi connectivity index (χ1n) is 6.07. The fourth-order valence-electron chi connectivity index (χ4n) is 1.81. The molecule has 3 nitrogen and oxygen atoms in total.